The summed E-state index contributed by atoms with van der Waals surface area (Å²) in [5.74, 6) is -0.571. The van der Waals surface area contributed by atoms with Gasteiger partial charge in [-0.25, -0.2) is 9.69 Å². The van der Waals surface area contributed by atoms with Gasteiger partial charge in [-0.1, -0.05) is 17.7 Å². The number of halogens is 1. The number of ether oxygens (including phenoxy) is 3. The summed E-state index contributed by atoms with van der Waals surface area (Å²) in [5.41, 5.74) is 3.83. The second kappa shape index (κ2) is 10.4. The highest BCUT2D eigenvalue weighted by Gasteiger charge is 2.40. The second-order valence-electron chi connectivity index (χ2n) is 8.47. The number of anilines is 2. The third-order valence-electron chi connectivity index (χ3n) is 6.01. The third-order valence-corrected chi connectivity index (χ3v) is 6.36. The van der Waals surface area contributed by atoms with Gasteiger partial charge in [-0.05, 0) is 79.9 Å². The zero-order chi connectivity index (χ0) is 26.9. The first-order valence-electron chi connectivity index (χ1n) is 11.3. The average molecular weight is 521 g/mol. The lowest BCUT2D eigenvalue weighted by molar-refractivity contribution is -0.120. The van der Waals surface area contributed by atoms with Gasteiger partial charge in [-0.3, -0.25) is 9.59 Å². The van der Waals surface area contributed by atoms with Crippen LogP contribution in [0.15, 0.2) is 65.3 Å². The van der Waals surface area contributed by atoms with Crippen LogP contribution < -0.4 is 24.4 Å². The van der Waals surface area contributed by atoms with E-state index in [0.29, 0.717) is 22.7 Å². The van der Waals surface area contributed by atoms with E-state index >= 15 is 0 Å². The average Bonchev–Trinajstić information content (AvgIpc) is 3.09. The number of nitrogens with one attached hydrogen (secondary N) is 1. The number of aryl methyl sites for hydroxylation is 2. The van der Waals surface area contributed by atoms with Gasteiger partial charge in [0, 0.05) is 11.8 Å². The van der Waals surface area contributed by atoms with Gasteiger partial charge in [0.2, 0.25) is 0 Å². The molecule has 0 unspecified atom stereocenters. The number of esters is 1. The molecule has 1 N–H and O–H groups in total. The van der Waals surface area contributed by atoms with Crippen molar-refractivity contribution in [2.24, 2.45) is 0 Å². The molecule has 190 valence electrons. The molecule has 0 spiro atoms. The summed E-state index contributed by atoms with van der Waals surface area (Å²) in [6.45, 7) is 5.79. The maximum atomic E-state index is 13.2. The highest BCUT2D eigenvalue weighted by atomic mass is 35.5. The Bertz CT molecular complexity index is 1450. The molecule has 0 saturated carbocycles. The largest absolute Gasteiger partial charge is 0.497 e. The minimum Gasteiger partial charge on any atom is -0.497 e. The van der Waals surface area contributed by atoms with Crippen molar-refractivity contribution in [2.75, 3.05) is 24.4 Å². The van der Waals surface area contributed by atoms with E-state index in [0.717, 1.165) is 21.6 Å². The molecule has 3 aromatic carbocycles. The lowest BCUT2D eigenvalue weighted by Crippen LogP contribution is -2.32. The SMILES string of the molecule is COc1ccc(N2C(=O)C(Cl)=C(Nc3ccc(C(=O)Oc4cc(C)cc(C)c4C)cc3)C2=O)c(OC)c1. The molecular formula is C28H25ClN2O6. The van der Waals surface area contributed by atoms with Crippen LogP contribution in [0.5, 0.6) is 17.2 Å². The highest BCUT2D eigenvalue weighted by Crippen LogP contribution is 2.37. The monoisotopic (exact) mass is 520 g/mol. The van der Waals surface area contributed by atoms with Crippen LogP contribution in [-0.2, 0) is 9.59 Å². The van der Waals surface area contributed by atoms with Crippen LogP contribution in [0.3, 0.4) is 0 Å². The zero-order valence-corrected chi connectivity index (χ0v) is 21.7. The molecule has 0 bridgehead atoms. The smallest absolute Gasteiger partial charge is 0.343 e. The molecule has 0 aromatic heterocycles. The number of imide groups is 1. The molecule has 0 atom stereocenters. The van der Waals surface area contributed by atoms with Crippen molar-refractivity contribution in [3.05, 3.63) is 87.6 Å². The van der Waals surface area contributed by atoms with E-state index in [9.17, 15) is 14.4 Å². The minimum absolute atomic E-state index is 0.0919. The fraction of sp³-hybridized carbons (Fsp3) is 0.179. The van der Waals surface area contributed by atoms with Crippen LogP contribution in [0.1, 0.15) is 27.0 Å². The lowest BCUT2D eigenvalue weighted by atomic mass is 10.1. The Morgan fingerprint density at radius 3 is 2.22 bits per heavy atom. The van der Waals surface area contributed by atoms with Crippen molar-refractivity contribution in [2.45, 2.75) is 20.8 Å². The normalized spacial score (nSPS) is 13.2. The third kappa shape index (κ3) is 5.01. The summed E-state index contributed by atoms with van der Waals surface area (Å²) in [5, 5.41) is 2.62. The van der Waals surface area contributed by atoms with Gasteiger partial charge in [0.05, 0.1) is 25.5 Å². The van der Waals surface area contributed by atoms with E-state index < -0.39 is 17.8 Å². The quantitative estimate of drug-likeness (QED) is 0.257. The molecule has 0 fully saturated rings. The van der Waals surface area contributed by atoms with Crippen molar-refractivity contribution in [1.29, 1.82) is 0 Å². The number of carbonyl (C=O) groups excluding carboxylic acids is 3. The number of carbonyl (C=O) groups is 3. The van der Waals surface area contributed by atoms with Crippen molar-refractivity contribution in [1.82, 2.24) is 0 Å². The number of methoxy groups -OCH3 is 2. The zero-order valence-electron chi connectivity index (χ0n) is 21.0. The van der Waals surface area contributed by atoms with Gasteiger partial charge in [0.1, 0.15) is 28.0 Å². The Morgan fingerprint density at radius 1 is 0.865 bits per heavy atom. The molecule has 0 aliphatic carbocycles. The van der Waals surface area contributed by atoms with E-state index in [4.69, 9.17) is 25.8 Å². The van der Waals surface area contributed by atoms with E-state index in [1.165, 1.54) is 14.2 Å². The molecule has 9 heteroatoms. The Morgan fingerprint density at radius 2 is 1.57 bits per heavy atom. The summed E-state index contributed by atoms with van der Waals surface area (Å²) in [6, 6.07) is 14.9. The molecule has 8 nitrogen and oxygen atoms in total. The first-order valence-corrected chi connectivity index (χ1v) is 11.7. The molecule has 0 radical (unpaired) electrons. The van der Waals surface area contributed by atoms with Crippen molar-refractivity contribution in [3.63, 3.8) is 0 Å². The van der Waals surface area contributed by atoms with Crippen LogP contribution in [0, 0.1) is 20.8 Å². The maximum Gasteiger partial charge on any atom is 0.343 e. The summed E-state index contributed by atoms with van der Waals surface area (Å²) in [4.78, 5) is 39.6. The molecular weight excluding hydrogens is 496 g/mol. The topological polar surface area (TPSA) is 94.2 Å². The number of rotatable bonds is 7. The Kier molecular flexibility index (Phi) is 7.22. The number of hydrogen-bond acceptors (Lipinski definition) is 7. The van der Waals surface area contributed by atoms with Crippen LogP contribution >= 0.6 is 11.6 Å². The Hall–Kier alpha value is -4.30. The van der Waals surface area contributed by atoms with Crippen molar-refractivity contribution >= 4 is 40.8 Å². The molecule has 0 saturated heterocycles. The molecule has 3 aromatic rings. The maximum absolute atomic E-state index is 13.2. The van der Waals surface area contributed by atoms with Crippen molar-refractivity contribution in [3.8, 4) is 17.2 Å². The standard InChI is InChI=1S/C28H25ClN2O6/c1-15-12-16(2)17(3)22(13-15)37-28(34)18-6-8-19(9-7-18)30-25-24(29)26(32)31(27(25)33)21-11-10-20(35-4)14-23(21)36-5/h6-14,30H,1-5H3. The van der Waals surface area contributed by atoms with Gasteiger partial charge >= 0.3 is 5.97 Å². The first kappa shape index (κ1) is 25.8. The minimum atomic E-state index is -0.693. The van der Waals surface area contributed by atoms with E-state index in [-0.39, 0.29) is 22.2 Å². The van der Waals surface area contributed by atoms with Crippen LogP contribution in [0.2, 0.25) is 0 Å². The molecule has 37 heavy (non-hydrogen) atoms. The molecule has 1 aliphatic heterocycles. The summed E-state index contributed by atoms with van der Waals surface area (Å²) in [7, 11) is 2.92. The van der Waals surface area contributed by atoms with Gasteiger partial charge in [0.15, 0.2) is 0 Å². The number of hydrogen-bond donors (Lipinski definition) is 1. The van der Waals surface area contributed by atoms with E-state index in [1.807, 2.05) is 32.9 Å². The van der Waals surface area contributed by atoms with E-state index in [1.54, 1.807) is 42.5 Å². The van der Waals surface area contributed by atoms with E-state index in [2.05, 4.69) is 5.32 Å². The Balaban J connectivity index is 1.52. The van der Waals surface area contributed by atoms with Gasteiger partial charge in [-0.2, -0.15) is 0 Å². The fourth-order valence-corrected chi connectivity index (χ4v) is 4.11. The molecule has 1 heterocycles. The summed E-state index contributed by atoms with van der Waals surface area (Å²) >= 11 is 6.25. The van der Waals surface area contributed by atoms with Crippen molar-refractivity contribution < 1.29 is 28.6 Å². The summed E-state index contributed by atoms with van der Waals surface area (Å²) in [6.07, 6.45) is 0. The lowest BCUT2D eigenvalue weighted by Gasteiger charge is -2.18. The Labute approximate surface area is 219 Å². The van der Waals surface area contributed by atoms with Gasteiger partial charge in [0.25, 0.3) is 11.8 Å². The first-order chi connectivity index (χ1) is 17.6. The molecule has 4 rings (SSSR count). The van der Waals surface area contributed by atoms with Crippen LogP contribution in [-0.4, -0.2) is 32.0 Å². The molecule has 2 amide bonds. The summed E-state index contributed by atoms with van der Waals surface area (Å²) < 4.78 is 16.1. The number of benzene rings is 3. The fourth-order valence-electron chi connectivity index (χ4n) is 3.90. The predicted octanol–water partition coefficient (Wildman–Crippen LogP) is 5.28. The van der Waals surface area contributed by atoms with Gasteiger partial charge < -0.3 is 19.5 Å². The second-order valence-corrected chi connectivity index (χ2v) is 8.85. The highest BCUT2D eigenvalue weighted by molar-refractivity contribution is 6.53. The number of amides is 2. The predicted molar refractivity (Wildman–Crippen MR) is 141 cm³/mol. The number of nitrogens with zero attached hydrogens (tertiary/aromatic N) is 1. The van der Waals surface area contributed by atoms with Gasteiger partial charge in [-0.15, -0.1) is 0 Å². The van der Waals surface area contributed by atoms with Crippen LogP contribution in [0.25, 0.3) is 0 Å². The van der Waals surface area contributed by atoms with Crippen LogP contribution in [0.4, 0.5) is 11.4 Å². The molecule has 1 aliphatic rings.